The average Bonchev–Trinajstić information content (AvgIpc) is 3.11. The Morgan fingerprint density at radius 3 is 2.44 bits per heavy atom. The van der Waals surface area contributed by atoms with E-state index in [9.17, 15) is 35.1 Å². The van der Waals surface area contributed by atoms with Crippen LogP contribution in [0.4, 0.5) is 0 Å². The number of ether oxygens (including phenoxy) is 2. The molecule has 3 aliphatic heterocycles. The van der Waals surface area contributed by atoms with Gasteiger partial charge in [-0.25, -0.2) is 9.78 Å². The molecule has 0 spiro atoms. The van der Waals surface area contributed by atoms with Crippen molar-refractivity contribution in [3.8, 4) is 11.5 Å². The highest BCUT2D eigenvalue weighted by atomic mass is 16.7. The molecule has 14 nitrogen and oxygen atoms in total. The molecule has 7 N–H and O–H groups in total. The van der Waals surface area contributed by atoms with E-state index in [-0.39, 0.29) is 18.1 Å². The van der Waals surface area contributed by atoms with Gasteiger partial charge in [0.1, 0.15) is 36.6 Å². The number of aliphatic hydroxyl groups excluding tert-OH is 6. The molecule has 1 aromatic rings. The van der Waals surface area contributed by atoms with E-state index >= 15 is 0 Å². The molecule has 0 amide bonds. The molecule has 7 atom stereocenters. The van der Waals surface area contributed by atoms with Gasteiger partial charge in [-0.05, 0) is 37.1 Å². The van der Waals surface area contributed by atoms with Crippen molar-refractivity contribution in [2.24, 2.45) is 0 Å². The number of H-pyrrole nitrogens is 1. The molecular weight excluding hydrogens is 480 g/mol. The van der Waals surface area contributed by atoms with Crippen LogP contribution >= 0.6 is 0 Å². The maximum absolute atomic E-state index is 12.4. The Morgan fingerprint density at radius 1 is 1.08 bits per heavy atom. The van der Waals surface area contributed by atoms with Crippen molar-refractivity contribution >= 4 is 11.0 Å². The van der Waals surface area contributed by atoms with Gasteiger partial charge in [0.15, 0.2) is 17.8 Å². The molecule has 3 heterocycles. The molecule has 1 aromatic carbocycles. The fourth-order valence-corrected chi connectivity index (χ4v) is 4.08. The molecule has 0 saturated carbocycles. The number of benzene rings is 1. The van der Waals surface area contributed by atoms with Gasteiger partial charge < -0.3 is 44.7 Å². The molecule has 0 aromatic heterocycles. The van der Waals surface area contributed by atoms with Crippen LogP contribution in [-0.4, -0.2) is 106 Å². The predicted octanol–water partition coefficient (Wildman–Crippen LogP) is -3.26. The molecule has 14 heteroatoms. The van der Waals surface area contributed by atoms with Crippen LogP contribution < -0.4 is 11.2 Å². The first kappa shape index (κ1) is 26.2. The first-order valence-corrected chi connectivity index (χ1v) is 11.2. The van der Waals surface area contributed by atoms with E-state index in [0.29, 0.717) is 11.0 Å². The van der Waals surface area contributed by atoms with Crippen molar-refractivity contribution < 1.29 is 40.1 Å². The number of aromatic nitrogens is 4. The third kappa shape index (κ3) is 4.89. The molecule has 3 aliphatic rings. The summed E-state index contributed by atoms with van der Waals surface area (Å²) < 4.78 is 11.7. The minimum atomic E-state index is -1.77. The van der Waals surface area contributed by atoms with Gasteiger partial charge in [-0.2, -0.15) is 4.98 Å². The molecule has 1 fully saturated rings. The highest BCUT2D eigenvalue weighted by molar-refractivity contribution is 5.81. The number of aliphatic hydroxyl groups is 6. The molecule has 36 heavy (non-hydrogen) atoms. The summed E-state index contributed by atoms with van der Waals surface area (Å²) in [4.78, 5) is 34.5. The topological polar surface area (TPSA) is 220 Å². The quantitative estimate of drug-likeness (QED) is 0.149. The molecule has 0 radical (unpaired) electrons. The Kier molecular flexibility index (Phi) is 7.49. The van der Waals surface area contributed by atoms with Gasteiger partial charge in [0.2, 0.25) is 0 Å². The van der Waals surface area contributed by atoms with Crippen molar-refractivity contribution in [1.29, 1.82) is 0 Å². The Balaban J connectivity index is 1.58. The number of nitrogens with zero attached hydrogens (tertiary/aromatic N) is 3. The summed E-state index contributed by atoms with van der Waals surface area (Å²) >= 11 is 0. The van der Waals surface area contributed by atoms with Crippen LogP contribution in [0, 0.1) is 13.8 Å². The summed E-state index contributed by atoms with van der Waals surface area (Å²) in [6.07, 6.45) is -10.4. The molecular formula is C22H28N4O10. The van der Waals surface area contributed by atoms with Gasteiger partial charge in [0.25, 0.3) is 5.56 Å². The van der Waals surface area contributed by atoms with E-state index in [1.165, 1.54) is 4.57 Å². The van der Waals surface area contributed by atoms with Crippen LogP contribution in [-0.2, 0) is 16.0 Å². The van der Waals surface area contributed by atoms with Gasteiger partial charge >= 0.3 is 5.69 Å². The van der Waals surface area contributed by atoms with E-state index in [1.54, 1.807) is 12.1 Å². The van der Waals surface area contributed by atoms with Crippen molar-refractivity contribution in [2.45, 2.75) is 63.3 Å². The van der Waals surface area contributed by atoms with Gasteiger partial charge in [0, 0.05) is 0 Å². The van der Waals surface area contributed by atoms with E-state index in [1.807, 2.05) is 13.8 Å². The van der Waals surface area contributed by atoms with Gasteiger partial charge in [-0.1, -0.05) is 0 Å². The standard InChI is InChI=1S/C22H28N4O10/c1-8-3-10-11(4-9(8)2)26(19-15(23-10)20(33)25-22(34)24-19)5-12(28)16(30)13(29)7-35-21-18(32)17(31)14(6-27)36-21/h3-4,12-14,16-18,21,27-32H,5-7H2,1-2H3,(H,25,33,34)/t12-,13+,14+,16-,17+,18+,21-/m0/s1. The maximum atomic E-state index is 12.4. The molecule has 0 unspecified atom stereocenters. The van der Waals surface area contributed by atoms with Crippen LogP contribution in [0.5, 0.6) is 0 Å². The zero-order valence-electron chi connectivity index (χ0n) is 19.5. The lowest BCUT2D eigenvalue weighted by Gasteiger charge is -2.26. The largest absolute Gasteiger partial charge is 0.394 e. The van der Waals surface area contributed by atoms with Crippen LogP contribution in [0.2, 0.25) is 0 Å². The van der Waals surface area contributed by atoms with Crippen molar-refractivity contribution in [1.82, 2.24) is 19.5 Å². The van der Waals surface area contributed by atoms with Gasteiger partial charge in [-0.3, -0.25) is 9.78 Å². The summed E-state index contributed by atoms with van der Waals surface area (Å²) in [7, 11) is 0. The normalized spacial score (nSPS) is 24.9. The lowest BCUT2D eigenvalue weighted by molar-refractivity contribution is -0.193. The fraction of sp³-hybridized carbons (Fsp3) is 0.545. The highest BCUT2D eigenvalue weighted by Gasteiger charge is 2.43. The molecule has 1 saturated heterocycles. The maximum Gasteiger partial charge on any atom is 0.349 e. The third-order valence-corrected chi connectivity index (χ3v) is 6.31. The van der Waals surface area contributed by atoms with Crippen LogP contribution in [0.15, 0.2) is 21.7 Å². The molecule has 196 valence electrons. The minimum Gasteiger partial charge on any atom is -0.394 e. The van der Waals surface area contributed by atoms with Crippen LogP contribution in [0.3, 0.4) is 0 Å². The number of fused-ring (bicyclic) bond motifs is 2. The average molecular weight is 508 g/mol. The van der Waals surface area contributed by atoms with Crippen molar-refractivity contribution in [2.75, 3.05) is 13.2 Å². The zero-order chi connectivity index (χ0) is 26.3. The predicted molar refractivity (Wildman–Crippen MR) is 122 cm³/mol. The summed E-state index contributed by atoms with van der Waals surface area (Å²) in [6.45, 7) is 2.18. The zero-order valence-corrected chi connectivity index (χ0v) is 19.5. The molecule has 0 bridgehead atoms. The SMILES string of the molecule is Cc1cc2nc3c(=O)[nH]c(=O)nc-3n(C[C@H](O)[C@H](O)[C@H](O)CO[C@H]3O[C@H](CO)[C@@H](O)[C@H]3O)c2cc1C. The van der Waals surface area contributed by atoms with Crippen molar-refractivity contribution in [3.05, 3.63) is 44.1 Å². The monoisotopic (exact) mass is 508 g/mol. The number of rotatable bonds is 8. The van der Waals surface area contributed by atoms with Crippen LogP contribution in [0.1, 0.15) is 11.1 Å². The molecule has 4 rings (SSSR count). The first-order chi connectivity index (χ1) is 17.0. The lowest BCUT2D eigenvalue weighted by Crippen LogP contribution is -2.44. The fourth-order valence-electron chi connectivity index (χ4n) is 4.08. The van der Waals surface area contributed by atoms with Crippen LogP contribution in [0.25, 0.3) is 22.6 Å². The minimum absolute atomic E-state index is 0.108. The summed E-state index contributed by atoms with van der Waals surface area (Å²) in [5.74, 6) is -0.108. The third-order valence-electron chi connectivity index (χ3n) is 6.31. The van der Waals surface area contributed by atoms with E-state index in [2.05, 4.69) is 15.0 Å². The Labute approximate surface area is 203 Å². The lowest BCUT2D eigenvalue weighted by atomic mass is 10.1. The Hall–Kier alpha value is -2.82. The highest BCUT2D eigenvalue weighted by Crippen LogP contribution is 2.25. The van der Waals surface area contributed by atoms with E-state index in [0.717, 1.165) is 11.1 Å². The Morgan fingerprint density at radius 2 is 1.78 bits per heavy atom. The summed E-state index contributed by atoms with van der Waals surface area (Å²) in [6, 6.07) is 3.47. The van der Waals surface area contributed by atoms with E-state index in [4.69, 9.17) is 14.6 Å². The summed E-state index contributed by atoms with van der Waals surface area (Å²) in [5, 5.41) is 60.5. The first-order valence-electron chi connectivity index (χ1n) is 11.2. The number of hydrogen-bond donors (Lipinski definition) is 7. The second-order valence-corrected chi connectivity index (χ2v) is 8.86. The number of aromatic amines is 1. The van der Waals surface area contributed by atoms with Gasteiger partial charge in [-0.15, -0.1) is 0 Å². The Bertz CT molecular complexity index is 1330. The second kappa shape index (κ2) is 10.3. The number of nitrogens with one attached hydrogen (secondary N) is 1. The smallest absolute Gasteiger partial charge is 0.349 e. The molecule has 0 aliphatic carbocycles. The number of hydrogen-bond acceptors (Lipinski definition) is 12. The van der Waals surface area contributed by atoms with E-state index < -0.39 is 67.4 Å². The van der Waals surface area contributed by atoms with Gasteiger partial charge in [0.05, 0.1) is 30.8 Å². The number of aryl methyl sites for hydroxylation is 2. The second-order valence-electron chi connectivity index (χ2n) is 8.86. The van der Waals surface area contributed by atoms with Crippen molar-refractivity contribution in [3.63, 3.8) is 0 Å². The summed E-state index contributed by atoms with van der Waals surface area (Å²) in [5.41, 5.74) is 0.780.